The zero-order valence-electron chi connectivity index (χ0n) is 19.5. The van der Waals surface area contributed by atoms with Crippen LogP contribution in [0.25, 0.3) is 0 Å². The minimum Gasteiger partial charge on any atom is -0.497 e. The van der Waals surface area contributed by atoms with E-state index in [4.69, 9.17) is 9.47 Å². The van der Waals surface area contributed by atoms with Crippen LogP contribution in [0.1, 0.15) is 41.3 Å². The number of hydrogen-bond donors (Lipinski definition) is 0. The van der Waals surface area contributed by atoms with Crippen molar-refractivity contribution in [2.24, 2.45) is 5.92 Å². The highest BCUT2D eigenvalue weighted by atomic mass is 32.2. The lowest BCUT2D eigenvalue weighted by Crippen LogP contribution is -2.41. The van der Waals surface area contributed by atoms with Crippen LogP contribution in [-0.2, 0) is 21.3 Å². The SMILES string of the molecule is COc1ccc(CN(C(=O)c2ccc(C)c(S(=O)(=O)N3CCOCC3)c2)C(C)C2CC2)cc1. The van der Waals surface area contributed by atoms with E-state index >= 15 is 0 Å². The van der Waals surface area contributed by atoms with Gasteiger partial charge in [-0.3, -0.25) is 4.79 Å². The normalized spacial score (nSPS) is 18.0. The second-order valence-corrected chi connectivity index (χ2v) is 10.8. The number of benzene rings is 2. The Kier molecular flexibility index (Phi) is 7.07. The summed E-state index contributed by atoms with van der Waals surface area (Å²) in [6, 6.07) is 12.8. The van der Waals surface area contributed by atoms with Crippen molar-refractivity contribution in [2.75, 3.05) is 33.4 Å². The molecule has 0 aromatic heterocycles. The molecule has 33 heavy (non-hydrogen) atoms. The maximum Gasteiger partial charge on any atom is 0.254 e. The fraction of sp³-hybridized carbons (Fsp3) is 0.480. The van der Waals surface area contributed by atoms with E-state index in [0.29, 0.717) is 49.9 Å². The van der Waals surface area contributed by atoms with Crippen LogP contribution in [0.4, 0.5) is 0 Å². The Labute approximate surface area is 196 Å². The molecule has 1 amide bonds. The Morgan fingerprint density at radius 1 is 1.15 bits per heavy atom. The zero-order valence-corrected chi connectivity index (χ0v) is 20.3. The number of hydrogen-bond acceptors (Lipinski definition) is 5. The third-order valence-electron chi connectivity index (χ3n) is 6.59. The van der Waals surface area contributed by atoms with Crippen LogP contribution < -0.4 is 4.74 Å². The summed E-state index contributed by atoms with van der Waals surface area (Å²) in [6.45, 7) is 5.71. The first-order chi connectivity index (χ1) is 15.8. The van der Waals surface area contributed by atoms with Crippen molar-refractivity contribution in [1.82, 2.24) is 9.21 Å². The lowest BCUT2D eigenvalue weighted by molar-refractivity contribution is 0.0653. The van der Waals surface area contributed by atoms with Gasteiger partial charge in [-0.2, -0.15) is 4.31 Å². The molecule has 1 unspecified atom stereocenters. The molecule has 0 N–H and O–H groups in total. The predicted molar refractivity (Wildman–Crippen MR) is 126 cm³/mol. The summed E-state index contributed by atoms with van der Waals surface area (Å²) >= 11 is 0. The number of ether oxygens (including phenoxy) is 2. The number of carbonyl (C=O) groups excluding carboxylic acids is 1. The molecule has 0 spiro atoms. The molecule has 1 heterocycles. The van der Waals surface area contributed by atoms with E-state index in [0.717, 1.165) is 24.2 Å². The summed E-state index contributed by atoms with van der Waals surface area (Å²) in [5.41, 5.74) is 2.04. The summed E-state index contributed by atoms with van der Waals surface area (Å²) in [4.78, 5) is 15.7. The first kappa shape index (κ1) is 23.7. The Hall–Kier alpha value is -2.42. The fourth-order valence-electron chi connectivity index (χ4n) is 4.26. The van der Waals surface area contributed by atoms with E-state index in [1.807, 2.05) is 29.2 Å². The van der Waals surface area contributed by atoms with Crippen molar-refractivity contribution >= 4 is 15.9 Å². The molecule has 2 aliphatic rings. The first-order valence-corrected chi connectivity index (χ1v) is 12.9. The standard InChI is InChI=1S/C25H32N2O5S/c1-18-4-7-22(16-24(18)33(29,30)26-12-14-32-15-13-26)25(28)27(19(2)21-8-9-21)17-20-5-10-23(31-3)11-6-20/h4-7,10-11,16,19,21H,8-9,12-15,17H2,1-3H3. The Morgan fingerprint density at radius 2 is 1.82 bits per heavy atom. The summed E-state index contributed by atoms with van der Waals surface area (Å²) in [7, 11) is -2.07. The van der Waals surface area contributed by atoms with E-state index in [2.05, 4.69) is 6.92 Å². The molecule has 7 nitrogen and oxygen atoms in total. The lowest BCUT2D eigenvalue weighted by Gasteiger charge is -2.30. The van der Waals surface area contributed by atoms with Crippen LogP contribution in [0.2, 0.25) is 0 Å². The molecule has 8 heteroatoms. The molecule has 178 valence electrons. The van der Waals surface area contributed by atoms with Crippen LogP contribution in [0.3, 0.4) is 0 Å². The van der Waals surface area contributed by atoms with Crippen molar-refractivity contribution in [3.8, 4) is 5.75 Å². The van der Waals surface area contributed by atoms with Gasteiger partial charge in [-0.1, -0.05) is 18.2 Å². The molecule has 1 aliphatic heterocycles. The molecule has 4 rings (SSSR count). The first-order valence-electron chi connectivity index (χ1n) is 11.4. The van der Waals surface area contributed by atoms with Crippen molar-refractivity contribution in [1.29, 1.82) is 0 Å². The summed E-state index contributed by atoms with van der Waals surface area (Å²) in [5.74, 6) is 1.10. The van der Waals surface area contributed by atoms with E-state index in [1.165, 1.54) is 4.31 Å². The van der Waals surface area contributed by atoms with Crippen LogP contribution >= 0.6 is 0 Å². The number of aryl methyl sites for hydroxylation is 1. The average Bonchev–Trinajstić information content (AvgIpc) is 3.68. The summed E-state index contributed by atoms with van der Waals surface area (Å²) in [6.07, 6.45) is 2.22. The Morgan fingerprint density at radius 3 is 2.42 bits per heavy atom. The molecule has 1 aliphatic carbocycles. The Balaban J connectivity index is 1.63. The van der Waals surface area contributed by atoms with Gasteiger partial charge in [-0.05, 0) is 68.0 Å². The molecular formula is C25H32N2O5S. The minimum absolute atomic E-state index is 0.0696. The topological polar surface area (TPSA) is 76.2 Å². The number of morpholine rings is 1. The van der Waals surface area contributed by atoms with Gasteiger partial charge < -0.3 is 14.4 Å². The molecule has 2 fully saturated rings. The van der Waals surface area contributed by atoms with Gasteiger partial charge in [-0.15, -0.1) is 0 Å². The van der Waals surface area contributed by atoms with Gasteiger partial charge in [0.05, 0.1) is 25.2 Å². The number of carbonyl (C=O) groups is 1. The molecule has 0 radical (unpaired) electrons. The molecule has 1 saturated carbocycles. The highest BCUT2D eigenvalue weighted by molar-refractivity contribution is 7.89. The Bertz CT molecular complexity index is 1090. The zero-order chi connectivity index (χ0) is 23.6. The second-order valence-electron chi connectivity index (χ2n) is 8.86. The van der Waals surface area contributed by atoms with Gasteiger partial charge >= 0.3 is 0 Å². The number of nitrogens with zero attached hydrogens (tertiary/aromatic N) is 2. The van der Waals surface area contributed by atoms with E-state index < -0.39 is 10.0 Å². The minimum atomic E-state index is -3.70. The molecule has 1 atom stereocenters. The molecule has 2 aromatic rings. The van der Waals surface area contributed by atoms with Crippen LogP contribution in [0.5, 0.6) is 5.75 Å². The van der Waals surface area contributed by atoms with Crippen LogP contribution in [-0.4, -0.2) is 63.0 Å². The summed E-state index contributed by atoms with van der Waals surface area (Å²) in [5, 5.41) is 0. The molecule has 1 saturated heterocycles. The maximum atomic E-state index is 13.7. The summed E-state index contributed by atoms with van der Waals surface area (Å²) < 4.78 is 38.6. The lowest BCUT2D eigenvalue weighted by atomic mass is 10.1. The monoisotopic (exact) mass is 472 g/mol. The largest absolute Gasteiger partial charge is 0.497 e. The fourth-order valence-corrected chi connectivity index (χ4v) is 5.92. The van der Waals surface area contributed by atoms with Gasteiger partial charge in [0.2, 0.25) is 10.0 Å². The quantitative estimate of drug-likeness (QED) is 0.588. The van der Waals surface area contributed by atoms with E-state index in [1.54, 1.807) is 32.2 Å². The van der Waals surface area contributed by atoms with Gasteiger partial charge in [0.1, 0.15) is 5.75 Å². The van der Waals surface area contributed by atoms with Crippen molar-refractivity contribution in [3.63, 3.8) is 0 Å². The smallest absolute Gasteiger partial charge is 0.254 e. The molecular weight excluding hydrogens is 440 g/mol. The van der Waals surface area contributed by atoms with E-state index in [-0.39, 0.29) is 16.8 Å². The van der Waals surface area contributed by atoms with Gasteiger partial charge in [0.25, 0.3) is 5.91 Å². The number of amides is 1. The number of methoxy groups -OCH3 is 1. The third kappa shape index (κ3) is 5.23. The third-order valence-corrected chi connectivity index (χ3v) is 8.63. The highest BCUT2D eigenvalue weighted by Gasteiger charge is 2.35. The highest BCUT2D eigenvalue weighted by Crippen LogP contribution is 2.36. The van der Waals surface area contributed by atoms with Crippen molar-refractivity contribution < 1.29 is 22.7 Å². The molecule has 2 aromatic carbocycles. The average molecular weight is 473 g/mol. The van der Waals surface area contributed by atoms with Gasteiger partial charge in [0, 0.05) is 31.2 Å². The molecule has 0 bridgehead atoms. The van der Waals surface area contributed by atoms with Crippen molar-refractivity contribution in [3.05, 3.63) is 59.2 Å². The number of rotatable bonds is 8. The second kappa shape index (κ2) is 9.83. The predicted octanol–water partition coefficient (Wildman–Crippen LogP) is 3.47. The van der Waals surface area contributed by atoms with E-state index in [9.17, 15) is 13.2 Å². The van der Waals surface area contributed by atoms with Crippen LogP contribution in [0, 0.1) is 12.8 Å². The van der Waals surface area contributed by atoms with Gasteiger partial charge in [0.15, 0.2) is 0 Å². The number of sulfonamides is 1. The maximum absolute atomic E-state index is 13.7. The van der Waals surface area contributed by atoms with Gasteiger partial charge in [-0.25, -0.2) is 8.42 Å². The van der Waals surface area contributed by atoms with Crippen molar-refractivity contribution in [2.45, 2.75) is 44.2 Å². The van der Waals surface area contributed by atoms with Crippen LogP contribution in [0.15, 0.2) is 47.4 Å².